The number of rotatable bonds is 2. The van der Waals surface area contributed by atoms with Crippen molar-refractivity contribution < 1.29 is 8.42 Å². The predicted molar refractivity (Wildman–Crippen MR) is 106 cm³/mol. The highest BCUT2D eigenvalue weighted by atomic mass is 35.5. The lowest BCUT2D eigenvalue weighted by Gasteiger charge is -2.06. The molecule has 2 aromatic heterocycles. The highest BCUT2D eigenvalue weighted by Gasteiger charge is 2.08. The molecule has 0 spiro atoms. The largest absolute Gasteiger partial charge is 0.261 e. The van der Waals surface area contributed by atoms with Crippen molar-refractivity contribution >= 4 is 21.4 Å². The third-order valence-electron chi connectivity index (χ3n) is 3.71. The van der Waals surface area contributed by atoms with Gasteiger partial charge in [0.2, 0.25) is 0 Å². The Labute approximate surface area is 159 Å². The van der Waals surface area contributed by atoms with Gasteiger partial charge in [0.05, 0.1) is 9.92 Å². The molecule has 0 saturated carbocycles. The minimum absolute atomic E-state index is 0.305. The Bertz CT molecular complexity index is 962. The van der Waals surface area contributed by atoms with Gasteiger partial charge in [-0.2, -0.15) is 0 Å². The third kappa shape index (κ3) is 5.64. The van der Waals surface area contributed by atoms with Gasteiger partial charge in [-0.1, -0.05) is 29.8 Å². The molecule has 0 radical (unpaired) electrons. The van der Waals surface area contributed by atoms with Crippen LogP contribution >= 0.6 is 11.6 Å². The van der Waals surface area contributed by atoms with E-state index in [-0.39, 0.29) is 0 Å². The van der Waals surface area contributed by atoms with Gasteiger partial charge in [0.25, 0.3) is 0 Å². The summed E-state index contributed by atoms with van der Waals surface area (Å²) in [5.74, 6) is 0. The van der Waals surface area contributed by atoms with Crippen LogP contribution in [0.1, 0.15) is 17.0 Å². The molecule has 0 N–H and O–H groups in total. The summed E-state index contributed by atoms with van der Waals surface area (Å²) < 4.78 is 22.7. The zero-order valence-electron chi connectivity index (χ0n) is 15.2. The molecule has 0 fully saturated rings. The number of aryl methyl sites for hydroxylation is 3. The second-order valence-corrected chi connectivity index (χ2v) is 8.51. The first-order chi connectivity index (χ1) is 12.2. The summed E-state index contributed by atoms with van der Waals surface area (Å²) in [4.78, 5) is 8.56. The zero-order valence-corrected chi connectivity index (χ0v) is 16.8. The van der Waals surface area contributed by atoms with Crippen molar-refractivity contribution in [2.24, 2.45) is 0 Å². The molecule has 136 valence electrons. The van der Waals surface area contributed by atoms with Gasteiger partial charge in [-0.05, 0) is 56.2 Å². The number of sulfone groups is 1. The number of aromatic nitrogens is 2. The number of hydrogen-bond donors (Lipinski definition) is 0. The fourth-order valence-electron chi connectivity index (χ4n) is 2.22. The summed E-state index contributed by atoms with van der Waals surface area (Å²) in [7, 11) is -3.16. The van der Waals surface area contributed by atoms with E-state index in [2.05, 4.69) is 16.0 Å². The van der Waals surface area contributed by atoms with E-state index in [0.29, 0.717) is 9.92 Å². The Morgan fingerprint density at radius 3 is 2.04 bits per heavy atom. The quantitative estimate of drug-likeness (QED) is 0.631. The van der Waals surface area contributed by atoms with Gasteiger partial charge >= 0.3 is 0 Å². The molecule has 0 aliphatic rings. The van der Waals surface area contributed by atoms with Crippen molar-refractivity contribution in [2.75, 3.05) is 6.26 Å². The van der Waals surface area contributed by atoms with Crippen LogP contribution < -0.4 is 0 Å². The van der Waals surface area contributed by atoms with Gasteiger partial charge in [0.1, 0.15) is 0 Å². The Morgan fingerprint density at radius 1 is 0.885 bits per heavy atom. The van der Waals surface area contributed by atoms with Crippen LogP contribution in [0.5, 0.6) is 0 Å². The van der Waals surface area contributed by atoms with Gasteiger partial charge in [0, 0.05) is 35.6 Å². The number of hydrogen-bond acceptors (Lipinski definition) is 4. The lowest BCUT2D eigenvalue weighted by Crippen LogP contribution is -1.96. The molecule has 0 bridgehead atoms. The number of nitrogens with zero attached hydrogens (tertiary/aromatic N) is 2. The van der Waals surface area contributed by atoms with E-state index in [9.17, 15) is 8.42 Å². The van der Waals surface area contributed by atoms with Crippen molar-refractivity contribution in [3.63, 3.8) is 0 Å². The first-order valence-electron chi connectivity index (χ1n) is 7.99. The van der Waals surface area contributed by atoms with Gasteiger partial charge in [-0.3, -0.25) is 9.97 Å². The van der Waals surface area contributed by atoms with Crippen LogP contribution in [0.2, 0.25) is 5.02 Å². The van der Waals surface area contributed by atoms with Crippen molar-refractivity contribution in [1.82, 2.24) is 9.97 Å². The standard InChI is InChI=1S/C13H12ClNO2S.C7H9N/c1-9-13(7-11(14)8-15-9)10-3-5-12(6-4-10)18(2,16)17;1-6-3-4-7(2)8-5-6/h3-8H,1-2H3;3-5H,1-2H3. The smallest absolute Gasteiger partial charge is 0.175 e. The summed E-state index contributed by atoms with van der Waals surface area (Å²) in [5.41, 5.74) is 4.95. The van der Waals surface area contributed by atoms with Crippen molar-refractivity contribution in [3.05, 3.63) is 76.8 Å². The molecule has 3 rings (SSSR count). The molecule has 0 atom stereocenters. The average Bonchev–Trinajstić information content (AvgIpc) is 2.60. The molecule has 26 heavy (non-hydrogen) atoms. The Kier molecular flexibility index (Phi) is 6.51. The summed E-state index contributed by atoms with van der Waals surface area (Å²) in [6.45, 7) is 5.90. The van der Waals surface area contributed by atoms with E-state index in [0.717, 1.165) is 22.5 Å². The van der Waals surface area contributed by atoms with Crippen LogP contribution in [0.3, 0.4) is 0 Å². The lowest BCUT2D eigenvalue weighted by molar-refractivity contribution is 0.602. The normalized spacial score (nSPS) is 10.8. The maximum Gasteiger partial charge on any atom is 0.175 e. The second-order valence-electron chi connectivity index (χ2n) is 6.06. The minimum Gasteiger partial charge on any atom is -0.261 e. The number of benzene rings is 1. The molecule has 0 aliphatic carbocycles. The van der Waals surface area contributed by atoms with Crippen molar-refractivity contribution in [1.29, 1.82) is 0 Å². The Hall–Kier alpha value is -2.24. The molecule has 6 heteroatoms. The highest BCUT2D eigenvalue weighted by molar-refractivity contribution is 7.90. The molecule has 0 unspecified atom stereocenters. The maximum absolute atomic E-state index is 11.4. The molecule has 0 amide bonds. The van der Waals surface area contributed by atoms with E-state index < -0.39 is 9.84 Å². The van der Waals surface area contributed by atoms with Gasteiger partial charge in [-0.15, -0.1) is 0 Å². The lowest BCUT2D eigenvalue weighted by atomic mass is 10.1. The van der Waals surface area contributed by atoms with Crippen molar-refractivity contribution in [3.8, 4) is 11.1 Å². The van der Waals surface area contributed by atoms with E-state index in [1.54, 1.807) is 30.5 Å². The second kappa shape index (κ2) is 8.43. The Balaban J connectivity index is 0.000000254. The zero-order chi connectivity index (χ0) is 19.3. The van der Waals surface area contributed by atoms with Crippen LogP contribution in [0, 0.1) is 20.8 Å². The average molecular weight is 389 g/mol. The minimum atomic E-state index is -3.16. The fourth-order valence-corrected chi connectivity index (χ4v) is 3.01. The van der Waals surface area contributed by atoms with Crippen LogP contribution in [0.25, 0.3) is 11.1 Å². The third-order valence-corrected chi connectivity index (χ3v) is 5.04. The molecule has 0 saturated heterocycles. The van der Waals surface area contributed by atoms with E-state index in [4.69, 9.17) is 11.6 Å². The fraction of sp³-hybridized carbons (Fsp3) is 0.200. The van der Waals surface area contributed by atoms with Crippen LogP contribution in [0.4, 0.5) is 0 Å². The van der Waals surface area contributed by atoms with E-state index in [1.165, 1.54) is 11.8 Å². The summed E-state index contributed by atoms with van der Waals surface area (Å²) in [6.07, 6.45) is 4.65. The molecule has 3 aromatic rings. The molecular formula is C20H21ClN2O2S. The van der Waals surface area contributed by atoms with Crippen molar-refractivity contribution in [2.45, 2.75) is 25.7 Å². The summed E-state index contributed by atoms with van der Waals surface area (Å²) in [5, 5.41) is 0.558. The van der Waals surface area contributed by atoms with Gasteiger partial charge < -0.3 is 0 Å². The number of halogens is 1. The monoisotopic (exact) mass is 388 g/mol. The van der Waals surface area contributed by atoms with Gasteiger partial charge in [-0.25, -0.2) is 8.42 Å². The predicted octanol–water partition coefficient (Wildman–Crippen LogP) is 4.81. The van der Waals surface area contributed by atoms with E-state index in [1.807, 2.05) is 39.1 Å². The SMILES string of the molecule is Cc1ccc(C)nc1.Cc1ncc(Cl)cc1-c1ccc(S(C)(=O)=O)cc1. The van der Waals surface area contributed by atoms with E-state index >= 15 is 0 Å². The van der Waals surface area contributed by atoms with Crippen LogP contribution in [0.15, 0.2) is 59.8 Å². The molecule has 2 heterocycles. The number of pyridine rings is 2. The Morgan fingerprint density at radius 2 is 1.54 bits per heavy atom. The topological polar surface area (TPSA) is 59.9 Å². The molecular weight excluding hydrogens is 368 g/mol. The van der Waals surface area contributed by atoms with Gasteiger partial charge in [0.15, 0.2) is 9.84 Å². The maximum atomic E-state index is 11.4. The van der Waals surface area contributed by atoms with Crippen LogP contribution in [-0.2, 0) is 9.84 Å². The first kappa shape index (κ1) is 20.1. The first-order valence-corrected chi connectivity index (χ1v) is 10.3. The molecule has 4 nitrogen and oxygen atoms in total. The van der Waals surface area contributed by atoms with Crippen LogP contribution in [-0.4, -0.2) is 24.6 Å². The summed E-state index contributed by atoms with van der Waals surface area (Å²) >= 11 is 5.91. The highest BCUT2D eigenvalue weighted by Crippen LogP contribution is 2.26. The molecule has 1 aromatic carbocycles. The molecule has 0 aliphatic heterocycles. The summed E-state index contributed by atoms with van der Waals surface area (Å²) in [6, 6.07) is 12.6.